The van der Waals surface area contributed by atoms with Gasteiger partial charge in [-0.1, -0.05) is 54.1 Å². The average molecular weight is 391 g/mol. The number of hydrogen-bond donors (Lipinski definition) is 2. The zero-order chi connectivity index (χ0) is 19.6. The summed E-state index contributed by atoms with van der Waals surface area (Å²) in [7, 11) is 0. The summed E-state index contributed by atoms with van der Waals surface area (Å²) in [5, 5.41) is 11.9. The standard InChI is InChI=1S/C20H23ClN2O4/c1-15(20(26)22-11-12-24)23(13-16-7-3-2-4-8-16)19(25)14-27-18-10-6-5-9-17(18)21/h2-10,15,24H,11-14H2,1H3,(H,22,26)/t15-/m0/s1. The number of nitrogens with zero attached hydrogens (tertiary/aromatic N) is 1. The normalized spacial score (nSPS) is 11.5. The highest BCUT2D eigenvalue weighted by molar-refractivity contribution is 6.32. The van der Waals surface area contributed by atoms with Gasteiger partial charge in [0.2, 0.25) is 5.91 Å². The molecule has 0 fully saturated rings. The van der Waals surface area contributed by atoms with Crippen LogP contribution in [0.1, 0.15) is 12.5 Å². The minimum Gasteiger partial charge on any atom is -0.482 e. The first-order valence-electron chi connectivity index (χ1n) is 8.62. The average Bonchev–Trinajstić information content (AvgIpc) is 2.69. The third-order valence-electron chi connectivity index (χ3n) is 3.96. The quantitative estimate of drug-likeness (QED) is 0.688. The van der Waals surface area contributed by atoms with Crippen LogP contribution in [0, 0.1) is 0 Å². The van der Waals surface area contributed by atoms with E-state index < -0.39 is 6.04 Å². The summed E-state index contributed by atoms with van der Waals surface area (Å²) >= 11 is 6.05. The molecule has 2 amide bonds. The van der Waals surface area contributed by atoms with Crippen molar-refractivity contribution in [2.45, 2.75) is 19.5 Å². The van der Waals surface area contributed by atoms with Crippen molar-refractivity contribution >= 4 is 23.4 Å². The van der Waals surface area contributed by atoms with Gasteiger partial charge in [0, 0.05) is 13.1 Å². The Hall–Kier alpha value is -2.57. The number of hydrogen-bond acceptors (Lipinski definition) is 4. The second-order valence-electron chi connectivity index (χ2n) is 5.92. The van der Waals surface area contributed by atoms with E-state index in [1.807, 2.05) is 30.3 Å². The van der Waals surface area contributed by atoms with Crippen molar-refractivity contribution in [1.82, 2.24) is 10.2 Å². The smallest absolute Gasteiger partial charge is 0.261 e. The Morgan fingerprint density at radius 2 is 1.81 bits per heavy atom. The lowest BCUT2D eigenvalue weighted by atomic mass is 10.1. The molecule has 0 aliphatic carbocycles. The van der Waals surface area contributed by atoms with Crippen LogP contribution < -0.4 is 10.1 Å². The second-order valence-corrected chi connectivity index (χ2v) is 6.32. The van der Waals surface area contributed by atoms with Gasteiger partial charge in [0.15, 0.2) is 6.61 Å². The van der Waals surface area contributed by atoms with Crippen molar-refractivity contribution in [1.29, 1.82) is 0 Å². The first-order valence-corrected chi connectivity index (χ1v) is 9.00. The molecule has 2 aromatic carbocycles. The maximum atomic E-state index is 12.8. The van der Waals surface area contributed by atoms with Gasteiger partial charge in [-0.15, -0.1) is 0 Å². The van der Waals surface area contributed by atoms with Crippen LogP contribution >= 0.6 is 11.6 Å². The van der Waals surface area contributed by atoms with Crippen molar-refractivity contribution < 1.29 is 19.4 Å². The maximum absolute atomic E-state index is 12.8. The van der Waals surface area contributed by atoms with Crippen LogP contribution in [-0.2, 0) is 16.1 Å². The van der Waals surface area contributed by atoms with E-state index in [1.54, 1.807) is 31.2 Å². The lowest BCUT2D eigenvalue weighted by Crippen LogP contribution is -2.49. The Kier molecular flexibility index (Phi) is 8.10. The summed E-state index contributed by atoms with van der Waals surface area (Å²) in [6.45, 7) is 1.63. The molecule has 0 heterocycles. The Morgan fingerprint density at radius 3 is 2.48 bits per heavy atom. The lowest BCUT2D eigenvalue weighted by Gasteiger charge is -2.28. The summed E-state index contributed by atoms with van der Waals surface area (Å²) in [6.07, 6.45) is 0. The van der Waals surface area contributed by atoms with Crippen molar-refractivity contribution in [3.8, 4) is 5.75 Å². The van der Waals surface area contributed by atoms with Crippen LogP contribution in [0.4, 0.5) is 0 Å². The highest BCUT2D eigenvalue weighted by atomic mass is 35.5. The summed E-state index contributed by atoms with van der Waals surface area (Å²) < 4.78 is 5.53. The predicted octanol–water partition coefficient (Wildman–Crippen LogP) is 2.24. The van der Waals surface area contributed by atoms with Gasteiger partial charge in [-0.25, -0.2) is 0 Å². The molecule has 27 heavy (non-hydrogen) atoms. The van der Waals surface area contributed by atoms with Gasteiger partial charge in [0.1, 0.15) is 11.8 Å². The van der Waals surface area contributed by atoms with E-state index in [-0.39, 0.29) is 38.1 Å². The number of carbonyl (C=O) groups is 2. The summed E-state index contributed by atoms with van der Waals surface area (Å²) in [5.74, 6) is -0.277. The van der Waals surface area contributed by atoms with Crippen LogP contribution in [0.2, 0.25) is 5.02 Å². The molecule has 7 heteroatoms. The molecule has 6 nitrogen and oxygen atoms in total. The predicted molar refractivity (Wildman–Crippen MR) is 103 cm³/mol. The van der Waals surface area contributed by atoms with E-state index in [4.69, 9.17) is 21.4 Å². The van der Waals surface area contributed by atoms with Crippen LogP contribution in [-0.4, -0.2) is 47.6 Å². The Bertz CT molecular complexity index is 755. The Labute approximate surface area is 163 Å². The fourth-order valence-corrected chi connectivity index (χ4v) is 2.66. The summed E-state index contributed by atoms with van der Waals surface area (Å²) in [4.78, 5) is 26.5. The third kappa shape index (κ3) is 6.27. The number of para-hydroxylation sites is 1. The van der Waals surface area contributed by atoms with Crippen LogP contribution in [0.25, 0.3) is 0 Å². The van der Waals surface area contributed by atoms with Gasteiger partial charge in [0.25, 0.3) is 5.91 Å². The monoisotopic (exact) mass is 390 g/mol. The molecule has 0 aromatic heterocycles. The van der Waals surface area contributed by atoms with Crippen LogP contribution in [0.3, 0.4) is 0 Å². The number of rotatable bonds is 9. The molecule has 144 valence electrons. The van der Waals surface area contributed by atoms with Crippen molar-refractivity contribution in [2.24, 2.45) is 0 Å². The summed E-state index contributed by atoms with van der Waals surface area (Å²) in [6, 6.07) is 15.5. The maximum Gasteiger partial charge on any atom is 0.261 e. The van der Waals surface area contributed by atoms with Crippen molar-refractivity contribution in [3.63, 3.8) is 0 Å². The number of aliphatic hydroxyl groups is 1. The highest BCUT2D eigenvalue weighted by Gasteiger charge is 2.26. The van der Waals surface area contributed by atoms with Crippen LogP contribution in [0.15, 0.2) is 54.6 Å². The van der Waals surface area contributed by atoms with Gasteiger partial charge in [-0.2, -0.15) is 0 Å². The Balaban J connectivity index is 2.11. The van der Waals surface area contributed by atoms with Crippen molar-refractivity contribution in [2.75, 3.05) is 19.8 Å². The van der Waals surface area contributed by atoms with E-state index in [1.165, 1.54) is 4.90 Å². The molecule has 0 aliphatic heterocycles. The van der Waals surface area contributed by atoms with E-state index in [9.17, 15) is 9.59 Å². The molecular weight excluding hydrogens is 368 g/mol. The zero-order valence-electron chi connectivity index (χ0n) is 15.1. The fraction of sp³-hybridized carbons (Fsp3) is 0.300. The molecular formula is C20H23ClN2O4. The van der Waals surface area contributed by atoms with Gasteiger partial charge in [-0.05, 0) is 24.6 Å². The number of benzene rings is 2. The molecule has 0 saturated carbocycles. The lowest BCUT2D eigenvalue weighted by molar-refractivity contribution is -0.142. The van der Waals surface area contributed by atoms with Crippen molar-refractivity contribution in [3.05, 3.63) is 65.2 Å². The molecule has 0 radical (unpaired) electrons. The number of nitrogens with one attached hydrogen (secondary N) is 1. The highest BCUT2D eigenvalue weighted by Crippen LogP contribution is 2.23. The number of ether oxygens (including phenoxy) is 1. The van der Waals surface area contributed by atoms with Crippen LogP contribution in [0.5, 0.6) is 5.75 Å². The molecule has 2 aromatic rings. The van der Waals surface area contributed by atoms with Gasteiger partial charge in [0.05, 0.1) is 11.6 Å². The molecule has 2 rings (SSSR count). The van der Waals surface area contributed by atoms with Gasteiger partial charge < -0.3 is 20.1 Å². The van der Waals surface area contributed by atoms with E-state index >= 15 is 0 Å². The first kappa shape index (κ1) is 20.7. The number of aliphatic hydroxyl groups excluding tert-OH is 1. The number of carbonyl (C=O) groups excluding carboxylic acids is 2. The number of amides is 2. The molecule has 0 unspecified atom stereocenters. The fourth-order valence-electron chi connectivity index (χ4n) is 2.47. The van der Waals surface area contributed by atoms with E-state index in [2.05, 4.69) is 5.32 Å². The number of halogens is 1. The first-order chi connectivity index (χ1) is 13.0. The molecule has 2 N–H and O–H groups in total. The third-order valence-corrected chi connectivity index (χ3v) is 4.27. The van der Waals surface area contributed by atoms with Gasteiger partial charge >= 0.3 is 0 Å². The molecule has 0 saturated heterocycles. The molecule has 0 bridgehead atoms. The zero-order valence-corrected chi connectivity index (χ0v) is 15.9. The Morgan fingerprint density at radius 1 is 1.15 bits per heavy atom. The van der Waals surface area contributed by atoms with Gasteiger partial charge in [-0.3, -0.25) is 9.59 Å². The molecule has 0 spiro atoms. The largest absolute Gasteiger partial charge is 0.482 e. The minimum absolute atomic E-state index is 0.132. The SMILES string of the molecule is C[C@@H](C(=O)NCCO)N(Cc1ccccc1)C(=O)COc1ccccc1Cl. The molecule has 1 atom stereocenters. The minimum atomic E-state index is -0.723. The topological polar surface area (TPSA) is 78.9 Å². The van der Waals surface area contributed by atoms with E-state index in [0.29, 0.717) is 10.8 Å². The van der Waals surface area contributed by atoms with E-state index in [0.717, 1.165) is 5.56 Å². The molecule has 0 aliphatic rings. The summed E-state index contributed by atoms with van der Waals surface area (Å²) in [5.41, 5.74) is 0.894. The second kappa shape index (κ2) is 10.5.